The lowest BCUT2D eigenvalue weighted by Gasteiger charge is -2.13. The van der Waals surface area contributed by atoms with Crippen molar-refractivity contribution in [3.05, 3.63) is 29.3 Å². The first kappa shape index (κ1) is 13.7. The fourth-order valence-electron chi connectivity index (χ4n) is 1.61. The molecule has 0 heterocycles. The highest BCUT2D eigenvalue weighted by Gasteiger charge is 2.19. The summed E-state index contributed by atoms with van der Waals surface area (Å²) in [6.07, 6.45) is 0.157. The summed E-state index contributed by atoms with van der Waals surface area (Å²) >= 11 is 0. The monoisotopic (exact) mass is 252 g/mol. The fraction of sp³-hybridized carbons (Fsp3) is 0.417. The van der Waals surface area contributed by atoms with E-state index >= 15 is 0 Å². The number of benzene rings is 1. The molecule has 1 aromatic carbocycles. The van der Waals surface area contributed by atoms with Gasteiger partial charge in [-0.15, -0.1) is 0 Å². The van der Waals surface area contributed by atoms with Crippen LogP contribution in [-0.4, -0.2) is 14.5 Å². The summed E-state index contributed by atoms with van der Waals surface area (Å²) in [7, 11) is -3.53. The molecule has 0 aliphatic carbocycles. The summed E-state index contributed by atoms with van der Waals surface area (Å²) in [5.41, 5.74) is 1.73. The largest absolute Gasteiger partial charge is 0.241 e. The molecular weight excluding hydrogens is 236 g/mol. The molecule has 0 radical (unpaired) electrons. The van der Waals surface area contributed by atoms with E-state index in [1.165, 1.54) is 0 Å². The zero-order valence-electron chi connectivity index (χ0n) is 10.2. The maximum Gasteiger partial charge on any atom is 0.241 e. The second-order valence-corrected chi connectivity index (χ2v) is 5.84. The Morgan fingerprint density at radius 1 is 1.41 bits per heavy atom. The van der Waals surface area contributed by atoms with E-state index < -0.39 is 10.0 Å². The zero-order valence-corrected chi connectivity index (χ0v) is 11.0. The lowest BCUT2D eigenvalue weighted by molar-refractivity contribution is 0.562. The van der Waals surface area contributed by atoms with Crippen molar-refractivity contribution in [3.8, 4) is 6.07 Å². The molecule has 0 aromatic heterocycles. The van der Waals surface area contributed by atoms with Crippen LogP contribution >= 0.6 is 0 Å². The Hall–Kier alpha value is -1.38. The van der Waals surface area contributed by atoms with Crippen molar-refractivity contribution in [1.82, 2.24) is 4.72 Å². The van der Waals surface area contributed by atoms with Crippen LogP contribution in [0.3, 0.4) is 0 Å². The van der Waals surface area contributed by atoms with E-state index in [-0.39, 0.29) is 17.4 Å². The average molecular weight is 252 g/mol. The van der Waals surface area contributed by atoms with Gasteiger partial charge in [0.15, 0.2) is 0 Å². The molecule has 0 amide bonds. The van der Waals surface area contributed by atoms with E-state index in [4.69, 9.17) is 5.26 Å². The van der Waals surface area contributed by atoms with Gasteiger partial charge in [-0.3, -0.25) is 0 Å². The van der Waals surface area contributed by atoms with Crippen LogP contribution in [0.5, 0.6) is 0 Å². The van der Waals surface area contributed by atoms with Crippen LogP contribution in [0.4, 0.5) is 0 Å². The molecule has 1 rings (SSSR count). The van der Waals surface area contributed by atoms with E-state index in [9.17, 15) is 8.42 Å². The van der Waals surface area contributed by atoms with E-state index in [0.29, 0.717) is 5.56 Å². The summed E-state index contributed by atoms with van der Waals surface area (Å²) in [5, 5.41) is 8.51. The van der Waals surface area contributed by atoms with Gasteiger partial charge in [-0.1, -0.05) is 17.7 Å². The first-order valence-electron chi connectivity index (χ1n) is 5.33. The minimum Gasteiger partial charge on any atom is -0.207 e. The van der Waals surface area contributed by atoms with Gasteiger partial charge in [-0.05, 0) is 32.4 Å². The van der Waals surface area contributed by atoms with Crippen molar-refractivity contribution in [2.75, 3.05) is 0 Å². The second kappa shape index (κ2) is 5.30. The molecule has 1 aromatic rings. The van der Waals surface area contributed by atoms with Crippen LogP contribution in [0.25, 0.3) is 0 Å². The highest BCUT2D eigenvalue weighted by molar-refractivity contribution is 7.89. The quantitative estimate of drug-likeness (QED) is 0.889. The number of hydrogen-bond acceptors (Lipinski definition) is 3. The van der Waals surface area contributed by atoms with Gasteiger partial charge in [-0.2, -0.15) is 5.26 Å². The third kappa shape index (κ3) is 3.55. The first-order chi connectivity index (χ1) is 7.86. The number of nitriles is 1. The van der Waals surface area contributed by atoms with Crippen molar-refractivity contribution in [1.29, 1.82) is 5.26 Å². The summed E-state index contributed by atoms with van der Waals surface area (Å²) in [5.74, 6) is 0. The number of hydrogen-bond donors (Lipinski definition) is 1. The van der Waals surface area contributed by atoms with E-state index in [2.05, 4.69) is 4.72 Å². The predicted molar refractivity (Wildman–Crippen MR) is 65.9 cm³/mol. The molecule has 0 saturated heterocycles. The topological polar surface area (TPSA) is 70.0 Å². The Labute approximate surface area is 102 Å². The Morgan fingerprint density at radius 2 is 2.06 bits per heavy atom. The Morgan fingerprint density at radius 3 is 2.59 bits per heavy atom. The molecule has 92 valence electrons. The molecule has 0 aliphatic rings. The van der Waals surface area contributed by atoms with Gasteiger partial charge in [-0.25, -0.2) is 13.1 Å². The molecule has 0 saturated carbocycles. The van der Waals surface area contributed by atoms with Gasteiger partial charge in [0.25, 0.3) is 0 Å². The van der Waals surface area contributed by atoms with Gasteiger partial charge in [0.05, 0.1) is 17.4 Å². The maximum atomic E-state index is 12.0. The number of aryl methyl sites for hydroxylation is 2. The van der Waals surface area contributed by atoms with Crippen LogP contribution in [-0.2, 0) is 10.0 Å². The van der Waals surface area contributed by atoms with Gasteiger partial charge in [0.2, 0.25) is 10.0 Å². The first-order valence-corrected chi connectivity index (χ1v) is 6.81. The Kier molecular flexibility index (Phi) is 4.27. The molecule has 1 atom stereocenters. The molecule has 4 nitrogen and oxygen atoms in total. The van der Waals surface area contributed by atoms with Crippen LogP contribution in [0.1, 0.15) is 24.5 Å². The van der Waals surface area contributed by atoms with Crippen molar-refractivity contribution >= 4 is 10.0 Å². The molecule has 0 aliphatic heterocycles. The fourth-order valence-corrected chi connectivity index (χ4v) is 3.08. The van der Waals surface area contributed by atoms with E-state index in [0.717, 1.165) is 5.56 Å². The van der Waals surface area contributed by atoms with Gasteiger partial charge < -0.3 is 0 Å². The highest BCUT2D eigenvalue weighted by Crippen LogP contribution is 2.16. The van der Waals surface area contributed by atoms with Crippen molar-refractivity contribution in [2.45, 2.75) is 38.1 Å². The van der Waals surface area contributed by atoms with Gasteiger partial charge in [0, 0.05) is 6.04 Å². The standard InChI is InChI=1S/C12H16N2O2S/c1-9-4-5-12(10(2)8-9)17(15,16)14-11(3)6-7-13/h4-5,8,11,14H,6H2,1-3H3. The third-order valence-corrected chi connectivity index (χ3v) is 4.12. The van der Waals surface area contributed by atoms with Crippen molar-refractivity contribution < 1.29 is 8.42 Å². The molecule has 5 heteroatoms. The molecule has 0 spiro atoms. The minimum absolute atomic E-state index is 0.157. The summed E-state index contributed by atoms with van der Waals surface area (Å²) in [6, 6.07) is 6.73. The maximum absolute atomic E-state index is 12.0. The predicted octanol–water partition coefficient (Wildman–Crippen LogP) is 1.88. The Bertz CT molecular complexity index is 544. The number of nitrogens with zero attached hydrogens (tertiary/aromatic N) is 1. The SMILES string of the molecule is Cc1ccc(S(=O)(=O)NC(C)CC#N)c(C)c1. The van der Waals surface area contributed by atoms with Crippen molar-refractivity contribution in [3.63, 3.8) is 0 Å². The summed E-state index contributed by atoms with van der Waals surface area (Å²) in [6.45, 7) is 5.34. The Balaban J connectivity index is 3.02. The molecular formula is C12H16N2O2S. The van der Waals surface area contributed by atoms with E-state index in [1.807, 2.05) is 19.1 Å². The second-order valence-electron chi connectivity index (χ2n) is 4.15. The van der Waals surface area contributed by atoms with Crippen molar-refractivity contribution in [2.24, 2.45) is 0 Å². The molecule has 1 unspecified atom stereocenters. The van der Waals surface area contributed by atoms with Crippen LogP contribution in [0.15, 0.2) is 23.1 Å². The zero-order chi connectivity index (χ0) is 13.1. The third-order valence-electron chi connectivity index (χ3n) is 2.37. The smallest absolute Gasteiger partial charge is 0.207 e. The average Bonchev–Trinajstić information content (AvgIpc) is 2.15. The minimum atomic E-state index is -3.53. The number of sulfonamides is 1. The normalized spacial score (nSPS) is 13.1. The summed E-state index contributed by atoms with van der Waals surface area (Å²) in [4.78, 5) is 0.271. The van der Waals surface area contributed by atoms with E-state index in [1.54, 1.807) is 26.0 Å². The molecule has 0 bridgehead atoms. The highest BCUT2D eigenvalue weighted by atomic mass is 32.2. The lowest BCUT2D eigenvalue weighted by Crippen LogP contribution is -2.32. The van der Waals surface area contributed by atoms with Crippen LogP contribution in [0.2, 0.25) is 0 Å². The molecule has 1 N–H and O–H groups in total. The lowest BCUT2D eigenvalue weighted by atomic mass is 10.2. The molecule has 17 heavy (non-hydrogen) atoms. The molecule has 0 fully saturated rings. The van der Waals surface area contributed by atoms with Gasteiger partial charge >= 0.3 is 0 Å². The van der Waals surface area contributed by atoms with Crippen LogP contribution in [0, 0.1) is 25.2 Å². The van der Waals surface area contributed by atoms with Gasteiger partial charge in [0.1, 0.15) is 0 Å². The number of nitrogens with one attached hydrogen (secondary N) is 1. The van der Waals surface area contributed by atoms with Crippen LogP contribution < -0.4 is 4.72 Å². The number of rotatable bonds is 4. The summed E-state index contributed by atoms with van der Waals surface area (Å²) < 4.78 is 26.5.